The maximum absolute atomic E-state index is 13.7. The number of aromatic nitrogens is 3. The zero-order valence-electron chi connectivity index (χ0n) is 25.9. The van der Waals surface area contributed by atoms with Crippen LogP contribution < -0.4 is 15.9 Å². The zero-order valence-corrected chi connectivity index (χ0v) is 25.9. The molecular weight excluding hydrogens is 554 g/mol. The first-order chi connectivity index (χ1) is 21.3. The molecular formula is C35H41N5O4. The fraction of sp³-hybridized carbons (Fsp3) is 0.371. The summed E-state index contributed by atoms with van der Waals surface area (Å²) < 4.78 is 8.18. The van der Waals surface area contributed by atoms with Crippen molar-refractivity contribution in [1.82, 2.24) is 19.7 Å². The summed E-state index contributed by atoms with van der Waals surface area (Å²) in [5.74, 6) is -0.383. The third-order valence-electron chi connectivity index (χ3n) is 8.38. The van der Waals surface area contributed by atoms with Crippen molar-refractivity contribution in [3.8, 4) is 5.69 Å². The molecule has 9 heteroatoms. The van der Waals surface area contributed by atoms with E-state index in [0.717, 1.165) is 54.0 Å². The summed E-state index contributed by atoms with van der Waals surface area (Å²) in [5, 5.41) is 7.40. The second-order valence-electron chi connectivity index (χ2n) is 11.6. The molecule has 1 aromatic heterocycles. The molecule has 0 bridgehead atoms. The van der Waals surface area contributed by atoms with Gasteiger partial charge in [-0.15, -0.1) is 0 Å². The third-order valence-corrected chi connectivity index (χ3v) is 8.38. The minimum atomic E-state index is -0.332. The summed E-state index contributed by atoms with van der Waals surface area (Å²) in [5.41, 5.74) is 5.06. The topological polar surface area (TPSA) is 98.5 Å². The van der Waals surface area contributed by atoms with Gasteiger partial charge >= 0.3 is 11.7 Å². The number of aryl methyl sites for hydroxylation is 1. The lowest BCUT2D eigenvalue weighted by molar-refractivity contribution is -0.124. The normalized spacial score (nSPS) is 14.4. The van der Waals surface area contributed by atoms with Crippen molar-refractivity contribution in [2.75, 3.05) is 24.6 Å². The Morgan fingerprint density at radius 3 is 2.27 bits per heavy atom. The van der Waals surface area contributed by atoms with E-state index in [1.165, 1.54) is 4.68 Å². The number of amides is 1. The summed E-state index contributed by atoms with van der Waals surface area (Å²) in [4.78, 5) is 40.9. The van der Waals surface area contributed by atoms with Gasteiger partial charge in [-0.3, -0.25) is 4.79 Å². The summed E-state index contributed by atoms with van der Waals surface area (Å²) in [6.45, 7) is 9.92. The Hall–Kier alpha value is -4.66. The molecule has 0 aliphatic carbocycles. The van der Waals surface area contributed by atoms with E-state index in [2.05, 4.69) is 15.3 Å². The molecule has 1 unspecified atom stereocenters. The fourth-order valence-corrected chi connectivity index (χ4v) is 6.03. The average molecular weight is 596 g/mol. The Balaban J connectivity index is 1.24. The van der Waals surface area contributed by atoms with Crippen LogP contribution >= 0.6 is 0 Å². The number of hydrogen-bond donors (Lipinski definition) is 1. The fourth-order valence-electron chi connectivity index (χ4n) is 6.03. The maximum atomic E-state index is 13.7. The van der Waals surface area contributed by atoms with E-state index < -0.39 is 0 Å². The first-order valence-electron chi connectivity index (χ1n) is 15.4. The molecule has 0 spiro atoms. The first kappa shape index (κ1) is 30.8. The smallest absolute Gasteiger partial charge is 0.350 e. The van der Waals surface area contributed by atoms with E-state index in [0.29, 0.717) is 18.7 Å². The number of carbonyl (C=O) groups excluding carboxylic acids is 2. The van der Waals surface area contributed by atoms with Crippen LogP contribution in [0, 0.1) is 12.8 Å². The molecule has 2 heterocycles. The van der Waals surface area contributed by atoms with E-state index >= 15 is 0 Å². The average Bonchev–Trinajstić information content (AvgIpc) is 3.42. The van der Waals surface area contributed by atoms with Crippen LogP contribution in [0.3, 0.4) is 0 Å². The summed E-state index contributed by atoms with van der Waals surface area (Å²) in [7, 11) is 0. The lowest BCUT2D eigenvalue weighted by atomic mass is 9.79. The van der Waals surface area contributed by atoms with Crippen LogP contribution in [0.4, 0.5) is 5.69 Å². The van der Waals surface area contributed by atoms with Gasteiger partial charge in [0, 0.05) is 25.3 Å². The summed E-state index contributed by atoms with van der Waals surface area (Å²) >= 11 is 0. The highest BCUT2D eigenvalue weighted by Gasteiger charge is 2.32. The highest BCUT2D eigenvalue weighted by atomic mass is 16.5. The van der Waals surface area contributed by atoms with Crippen LogP contribution in [0.5, 0.6) is 0 Å². The quantitative estimate of drug-likeness (QED) is 0.246. The Bertz CT molecular complexity index is 1630. The minimum absolute atomic E-state index is 0.000313. The molecule has 5 rings (SSSR count). The van der Waals surface area contributed by atoms with Crippen LogP contribution in [-0.2, 0) is 16.1 Å². The van der Waals surface area contributed by atoms with Crippen molar-refractivity contribution < 1.29 is 14.3 Å². The number of nitrogens with one attached hydrogen (secondary N) is 1. The standard InChI is InChI=1S/C35H41N5O4/c1-5-44-34(42)31-16-11-26(21-25(31)4)22-36-33(41)32(27-9-7-6-8-10-27)28-17-19-38(20-18-28)29-12-14-30(15-13-29)39-23-37-40(24(2)3)35(39)43/h6-16,21,23-24,28,32H,5,17-20,22H2,1-4H3,(H,36,41). The van der Waals surface area contributed by atoms with Crippen molar-refractivity contribution in [2.45, 2.75) is 59.0 Å². The molecule has 1 fully saturated rings. The van der Waals surface area contributed by atoms with Gasteiger partial charge in [-0.05, 0) is 93.5 Å². The van der Waals surface area contributed by atoms with Crippen molar-refractivity contribution >= 4 is 17.6 Å². The molecule has 1 amide bonds. The molecule has 3 aromatic carbocycles. The van der Waals surface area contributed by atoms with Crippen molar-refractivity contribution in [1.29, 1.82) is 0 Å². The van der Waals surface area contributed by atoms with Gasteiger partial charge in [0.25, 0.3) is 0 Å². The van der Waals surface area contributed by atoms with Crippen molar-refractivity contribution in [3.05, 3.63) is 112 Å². The molecule has 1 saturated heterocycles. The predicted molar refractivity (Wildman–Crippen MR) is 171 cm³/mol. The van der Waals surface area contributed by atoms with E-state index in [1.54, 1.807) is 23.9 Å². The number of rotatable bonds is 10. The SMILES string of the molecule is CCOC(=O)c1ccc(CNC(=O)C(c2ccccc2)C2CCN(c3ccc(-n4cnn(C(C)C)c4=O)cc3)CC2)cc1C. The highest BCUT2D eigenvalue weighted by Crippen LogP contribution is 2.35. The number of esters is 1. The zero-order chi connectivity index (χ0) is 31.2. The maximum Gasteiger partial charge on any atom is 0.350 e. The number of ether oxygens (including phenoxy) is 1. The van der Waals surface area contributed by atoms with Gasteiger partial charge in [0.05, 0.1) is 29.8 Å². The van der Waals surface area contributed by atoms with Crippen LogP contribution in [0.15, 0.2) is 83.9 Å². The van der Waals surface area contributed by atoms with E-state index in [1.807, 2.05) is 87.5 Å². The lowest BCUT2D eigenvalue weighted by Gasteiger charge is -2.37. The molecule has 230 valence electrons. The molecule has 0 radical (unpaired) electrons. The molecule has 1 aliphatic rings. The van der Waals surface area contributed by atoms with Gasteiger partial charge < -0.3 is 15.0 Å². The van der Waals surface area contributed by atoms with E-state index in [-0.39, 0.29) is 35.4 Å². The van der Waals surface area contributed by atoms with Crippen LogP contribution in [0.1, 0.15) is 72.6 Å². The van der Waals surface area contributed by atoms with Gasteiger partial charge in [0.2, 0.25) is 5.91 Å². The van der Waals surface area contributed by atoms with Gasteiger partial charge in [-0.2, -0.15) is 5.10 Å². The molecule has 1 aliphatic heterocycles. The summed E-state index contributed by atoms with van der Waals surface area (Å²) in [6.07, 6.45) is 3.32. The minimum Gasteiger partial charge on any atom is -0.462 e. The Labute approximate surface area is 258 Å². The number of piperidine rings is 1. The second kappa shape index (κ2) is 13.8. The molecule has 44 heavy (non-hydrogen) atoms. The molecule has 4 aromatic rings. The number of anilines is 1. The number of carbonyl (C=O) groups is 2. The predicted octanol–water partition coefficient (Wildman–Crippen LogP) is 5.42. The largest absolute Gasteiger partial charge is 0.462 e. The second-order valence-corrected chi connectivity index (χ2v) is 11.6. The van der Waals surface area contributed by atoms with Gasteiger partial charge in [-0.25, -0.2) is 18.8 Å². The monoisotopic (exact) mass is 595 g/mol. The highest BCUT2D eigenvalue weighted by molar-refractivity contribution is 5.91. The molecule has 1 N–H and O–H groups in total. The Kier molecular flexibility index (Phi) is 9.62. The third kappa shape index (κ3) is 6.77. The van der Waals surface area contributed by atoms with Crippen molar-refractivity contribution in [3.63, 3.8) is 0 Å². The van der Waals surface area contributed by atoms with Crippen LogP contribution in [0.2, 0.25) is 0 Å². The first-order valence-corrected chi connectivity index (χ1v) is 15.4. The van der Waals surface area contributed by atoms with Gasteiger partial charge in [-0.1, -0.05) is 42.5 Å². The number of hydrogen-bond acceptors (Lipinski definition) is 6. The van der Waals surface area contributed by atoms with Crippen LogP contribution in [-0.4, -0.2) is 45.9 Å². The number of benzene rings is 3. The number of nitrogens with zero attached hydrogens (tertiary/aromatic N) is 4. The van der Waals surface area contributed by atoms with Gasteiger partial charge in [0.1, 0.15) is 6.33 Å². The van der Waals surface area contributed by atoms with E-state index in [9.17, 15) is 14.4 Å². The Morgan fingerprint density at radius 1 is 0.977 bits per heavy atom. The molecule has 9 nitrogen and oxygen atoms in total. The van der Waals surface area contributed by atoms with Crippen molar-refractivity contribution in [2.24, 2.45) is 5.92 Å². The molecule has 0 saturated carbocycles. The summed E-state index contributed by atoms with van der Waals surface area (Å²) in [6, 6.07) is 23.6. The molecule has 1 atom stereocenters. The van der Waals surface area contributed by atoms with Crippen LogP contribution in [0.25, 0.3) is 5.69 Å². The van der Waals surface area contributed by atoms with Gasteiger partial charge in [0.15, 0.2) is 0 Å². The lowest BCUT2D eigenvalue weighted by Crippen LogP contribution is -2.40. The Morgan fingerprint density at radius 2 is 1.66 bits per heavy atom. The van der Waals surface area contributed by atoms with E-state index in [4.69, 9.17) is 4.74 Å².